The van der Waals surface area contributed by atoms with Crippen LogP contribution in [0, 0.1) is 6.92 Å². The number of amides is 1. The largest absolute Gasteiger partial charge is 0.338 e. The molecule has 0 atom stereocenters. The van der Waals surface area contributed by atoms with Gasteiger partial charge in [-0.05, 0) is 51.1 Å². The normalized spacial score (nSPS) is 15.2. The van der Waals surface area contributed by atoms with Gasteiger partial charge in [0.15, 0.2) is 0 Å². The molecule has 0 saturated carbocycles. The maximum atomic E-state index is 12.7. The molecule has 1 aliphatic heterocycles. The van der Waals surface area contributed by atoms with Gasteiger partial charge in [0.2, 0.25) is 0 Å². The number of hydrogen-bond donors (Lipinski definition) is 1. The van der Waals surface area contributed by atoms with Gasteiger partial charge in [-0.15, -0.1) is 12.4 Å². The molecule has 1 saturated heterocycles. The summed E-state index contributed by atoms with van der Waals surface area (Å²) in [7, 11) is 1.97. The number of nitrogens with zero attached hydrogens (tertiary/aromatic N) is 3. The van der Waals surface area contributed by atoms with E-state index in [2.05, 4.69) is 10.4 Å². The highest BCUT2D eigenvalue weighted by atomic mass is 35.5. The van der Waals surface area contributed by atoms with Crippen LogP contribution in [0.2, 0.25) is 5.02 Å². The topological polar surface area (TPSA) is 50.2 Å². The molecule has 3 rings (SSSR count). The lowest BCUT2D eigenvalue weighted by Gasteiger charge is -2.31. The fourth-order valence-corrected chi connectivity index (χ4v) is 3.06. The summed E-state index contributed by atoms with van der Waals surface area (Å²) in [6, 6.07) is 7.93. The summed E-state index contributed by atoms with van der Waals surface area (Å²) in [6.45, 7) is 3.45. The van der Waals surface area contributed by atoms with Gasteiger partial charge >= 0.3 is 0 Å². The van der Waals surface area contributed by atoms with E-state index in [-0.39, 0.29) is 18.3 Å². The molecule has 0 radical (unpaired) electrons. The average Bonchev–Trinajstić information content (AvgIpc) is 2.96. The van der Waals surface area contributed by atoms with Crippen molar-refractivity contribution < 1.29 is 4.79 Å². The highest BCUT2D eigenvalue weighted by Crippen LogP contribution is 2.18. The van der Waals surface area contributed by atoms with E-state index in [0.29, 0.717) is 16.6 Å². The Balaban J connectivity index is 0.00000208. The van der Waals surface area contributed by atoms with Crippen molar-refractivity contribution in [3.05, 3.63) is 46.7 Å². The molecule has 130 valence electrons. The van der Waals surface area contributed by atoms with E-state index < -0.39 is 0 Å². The van der Waals surface area contributed by atoms with Gasteiger partial charge < -0.3 is 10.2 Å². The van der Waals surface area contributed by atoms with Crippen LogP contribution < -0.4 is 5.32 Å². The number of nitrogens with one attached hydrogen (secondary N) is 1. The maximum Gasteiger partial charge on any atom is 0.257 e. The molecule has 1 N–H and O–H groups in total. The van der Waals surface area contributed by atoms with Crippen LogP contribution >= 0.6 is 24.0 Å². The van der Waals surface area contributed by atoms with Crippen molar-refractivity contribution in [1.29, 1.82) is 0 Å². The number of rotatable bonds is 3. The number of likely N-dealkylation sites (tertiary alicyclic amines) is 1. The third-order valence-electron chi connectivity index (χ3n) is 4.41. The van der Waals surface area contributed by atoms with Crippen LogP contribution in [0.4, 0.5) is 0 Å². The van der Waals surface area contributed by atoms with Crippen molar-refractivity contribution in [1.82, 2.24) is 20.0 Å². The molecule has 0 aliphatic carbocycles. The molecule has 7 heteroatoms. The van der Waals surface area contributed by atoms with Crippen molar-refractivity contribution in [2.45, 2.75) is 25.8 Å². The van der Waals surface area contributed by atoms with Gasteiger partial charge in [0, 0.05) is 30.4 Å². The van der Waals surface area contributed by atoms with E-state index in [1.807, 2.05) is 49.3 Å². The predicted molar refractivity (Wildman–Crippen MR) is 98.5 cm³/mol. The van der Waals surface area contributed by atoms with Gasteiger partial charge in [-0.3, -0.25) is 4.79 Å². The quantitative estimate of drug-likeness (QED) is 0.905. The highest BCUT2D eigenvalue weighted by molar-refractivity contribution is 6.30. The molecule has 0 bridgehead atoms. The number of piperidine rings is 1. The number of halogens is 2. The summed E-state index contributed by atoms with van der Waals surface area (Å²) in [4.78, 5) is 14.7. The first-order valence-electron chi connectivity index (χ1n) is 7.87. The van der Waals surface area contributed by atoms with Crippen LogP contribution in [-0.4, -0.2) is 46.8 Å². The van der Waals surface area contributed by atoms with Crippen molar-refractivity contribution in [3.8, 4) is 5.69 Å². The van der Waals surface area contributed by atoms with Crippen LogP contribution in [0.1, 0.15) is 28.9 Å². The molecular formula is C17H22Cl2N4O. The van der Waals surface area contributed by atoms with Gasteiger partial charge in [0.25, 0.3) is 5.91 Å². The van der Waals surface area contributed by atoms with Gasteiger partial charge in [0.1, 0.15) is 0 Å². The lowest BCUT2D eigenvalue weighted by Crippen LogP contribution is -2.44. The van der Waals surface area contributed by atoms with E-state index in [1.54, 1.807) is 4.68 Å². The molecule has 1 amide bonds. The fourth-order valence-electron chi connectivity index (χ4n) is 2.94. The Morgan fingerprint density at radius 3 is 2.46 bits per heavy atom. The Labute approximate surface area is 153 Å². The van der Waals surface area contributed by atoms with Gasteiger partial charge in [0.05, 0.1) is 16.9 Å². The second-order valence-corrected chi connectivity index (χ2v) is 6.34. The summed E-state index contributed by atoms with van der Waals surface area (Å²) in [5.74, 6) is 0.0669. The molecule has 0 spiro atoms. The number of carbonyl (C=O) groups is 1. The van der Waals surface area contributed by atoms with Crippen molar-refractivity contribution in [2.75, 3.05) is 20.1 Å². The van der Waals surface area contributed by atoms with Gasteiger partial charge in [-0.1, -0.05) is 11.6 Å². The van der Waals surface area contributed by atoms with Gasteiger partial charge in [-0.25, -0.2) is 4.68 Å². The predicted octanol–water partition coefficient (Wildman–Crippen LogP) is 3.08. The zero-order valence-electron chi connectivity index (χ0n) is 13.8. The third kappa shape index (κ3) is 3.91. The summed E-state index contributed by atoms with van der Waals surface area (Å²) >= 11 is 5.92. The second-order valence-electron chi connectivity index (χ2n) is 5.90. The highest BCUT2D eigenvalue weighted by Gasteiger charge is 2.25. The Kier molecular flexibility index (Phi) is 6.27. The SMILES string of the molecule is CNC1CCN(C(=O)c2cn(-c3ccc(Cl)cc3)nc2C)CC1.Cl. The summed E-state index contributed by atoms with van der Waals surface area (Å²) in [5.41, 5.74) is 2.31. The van der Waals surface area contributed by atoms with E-state index in [9.17, 15) is 4.79 Å². The molecule has 2 heterocycles. The van der Waals surface area contributed by atoms with Crippen molar-refractivity contribution >= 4 is 29.9 Å². The standard InChI is InChI=1S/C17H21ClN4O.ClH/c1-12-16(17(23)21-9-7-14(19-2)8-10-21)11-22(20-12)15-5-3-13(18)4-6-15;/h3-6,11,14,19H,7-10H2,1-2H3;1H. The Hall–Kier alpha value is -1.56. The van der Waals surface area contributed by atoms with Crippen LogP contribution in [0.3, 0.4) is 0 Å². The third-order valence-corrected chi connectivity index (χ3v) is 4.66. The summed E-state index contributed by atoms with van der Waals surface area (Å²) in [6.07, 6.45) is 3.80. The molecule has 0 unspecified atom stereocenters. The summed E-state index contributed by atoms with van der Waals surface area (Å²) < 4.78 is 1.74. The fraction of sp³-hybridized carbons (Fsp3) is 0.412. The number of hydrogen-bond acceptors (Lipinski definition) is 3. The molecule has 1 aromatic carbocycles. The number of benzene rings is 1. The Morgan fingerprint density at radius 1 is 1.25 bits per heavy atom. The lowest BCUT2D eigenvalue weighted by molar-refractivity contribution is 0.0706. The average molecular weight is 369 g/mol. The molecular weight excluding hydrogens is 347 g/mol. The molecule has 1 aromatic heterocycles. The molecule has 1 fully saturated rings. The number of aromatic nitrogens is 2. The molecule has 2 aromatic rings. The molecule has 1 aliphatic rings. The van der Waals surface area contributed by atoms with E-state index in [4.69, 9.17) is 11.6 Å². The van der Waals surface area contributed by atoms with Crippen molar-refractivity contribution in [2.24, 2.45) is 0 Å². The molecule has 5 nitrogen and oxygen atoms in total. The van der Waals surface area contributed by atoms with E-state index in [1.165, 1.54) is 0 Å². The van der Waals surface area contributed by atoms with Crippen molar-refractivity contribution in [3.63, 3.8) is 0 Å². The first kappa shape index (κ1) is 18.8. The lowest BCUT2D eigenvalue weighted by atomic mass is 10.0. The first-order valence-corrected chi connectivity index (χ1v) is 8.25. The molecule has 24 heavy (non-hydrogen) atoms. The first-order chi connectivity index (χ1) is 11.1. The van der Waals surface area contributed by atoms with E-state index >= 15 is 0 Å². The van der Waals surface area contributed by atoms with Crippen LogP contribution in [0.5, 0.6) is 0 Å². The van der Waals surface area contributed by atoms with E-state index in [0.717, 1.165) is 37.3 Å². The Morgan fingerprint density at radius 2 is 1.88 bits per heavy atom. The smallest absolute Gasteiger partial charge is 0.257 e. The number of aryl methyl sites for hydroxylation is 1. The van der Waals surface area contributed by atoms with Crippen LogP contribution in [-0.2, 0) is 0 Å². The maximum absolute atomic E-state index is 12.7. The zero-order valence-corrected chi connectivity index (χ0v) is 15.4. The number of carbonyl (C=O) groups excluding carboxylic acids is 1. The summed E-state index contributed by atoms with van der Waals surface area (Å²) in [5, 5.41) is 8.43. The minimum absolute atomic E-state index is 0. The second kappa shape index (κ2) is 8.01. The minimum atomic E-state index is 0. The Bertz CT molecular complexity index is 691. The monoisotopic (exact) mass is 368 g/mol. The van der Waals surface area contributed by atoms with Crippen LogP contribution in [0.25, 0.3) is 5.69 Å². The minimum Gasteiger partial charge on any atom is -0.338 e. The van der Waals surface area contributed by atoms with Crippen LogP contribution in [0.15, 0.2) is 30.5 Å². The van der Waals surface area contributed by atoms with Gasteiger partial charge in [-0.2, -0.15) is 5.10 Å². The zero-order chi connectivity index (χ0) is 16.4.